The van der Waals surface area contributed by atoms with Crippen molar-refractivity contribution in [3.05, 3.63) is 35.6 Å². The Balaban J connectivity index is 1.91. The van der Waals surface area contributed by atoms with Gasteiger partial charge in [0.05, 0.1) is 0 Å². The fraction of sp³-hybridized carbons (Fsp3) is 0.250. The second-order valence-corrected chi connectivity index (χ2v) is 4.58. The van der Waals surface area contributed by atoms with E-state index in [2.05, 4.69) is 27.5 Å². The lowest BCUT2D eigenvalue weighted by Crippen LogP contribution is -2.50. The molecule has 7 heteroatoms. The lowest BCUT2D eigenvalue weighted by molar-refractivity contribution is -0.123. The molecule has 1 atom stereocenters. The van der Waals surface area contributed by atoms with Crippen LogP contribution >= 0.6 is 11.6 Å². The summed E-state index contributed by atoms with van der Waals surface area (Å²) in [6, 6.07) is 2.06. The lowest BCUT2D eigenvalue weighted by Gasteiger charge is -2.24. The van der Waals surface area contributed by atoms with Crippen LogP contribution in [0.15, 0.2) is 30.6 Å². The van der Waals surface area contributed by atoms with Gasteiger partial charge in [0.2, 0.25) is 5.91 Å². The molecule has 0 radical (unpaired) electrons. The Hall–Kier alpha value is -2.08. The van der Waals surface area contributed by atoms with Crippen molar-refractivity contribution in [2.24, 2.45) is 0 Å². The van der Waals surface area contributed by atoms with E-state index in [0.29, 0.717) is 29.4 Å². The highest BCUT2D eigenvalue weighted by Crippen LogP contribution is 2.13. The van der Waals surface area contributed by atoms with Gasteiger partial charge in [-0.25, -0.2) is 9.78 Å². The van der Waals surface area contributed by atoms with Crippen molar-refractivity contribution < 1.29 is 9.59 Å². The minimum absolute atomic E-state index is 0.259. The van der Waals surface area contributed by atoms with Gasteiger partial charge < -0.3 is 10.6 Å². The maximum absolute atomic E-state index is 11.7. The van der Waals surface area contributed by atoms with Gasteiger partial charge in [0.15, 0.2) is 0 Å². The summed E-state index contributed by atoms with van der Waals surface area (Å²) in [7, 11) is 0. The van der Waals surface area contributed by atoms with E-state index in [1.165, 1.54) is 12.3 Å². The van der Waals surface area contributed by atoms with Crippen molar-refractivity contribution in [1.82, 2.24) is 15.6 Å². The third-order valence-corrected chi connectivity index (χ3v) is 2.86. The summed E-state index contributed by atoms with van der Waals surface area (Å²) in [5.74, 6) is 0.0658. The molecule has 3 N–H and O–H groups in total. The molecule has 1 aliphatic rings. The Morgan fingerprint density at radius 1 is 1.58 bits per heavy atom. The number of nitrogens with one attached hydrogen (secondary N) is 3. The summed E-state index contributed by atoms with van der Waals surface area (Å²) in [6.07, 6.45) is 2.66. The Kier molecular flexibility index (Phi) is 4.01. The number of amides is 3. The van der Waals surface area contributed by atoms with Crippen molar-refractivity contribution in [2.45, 2.75) is 18.9 Å². The number of pyridine rings is 1. The summed E-state index contributed by atoms with van der Waals surface area (Å²) in [6.45, 7) is 3.67. The van der Waals surface area contributed by atoms with Crippen LogP contribution in [0.3, 0.4) is 0 Å². The molecule has 6 nitrogen and oxygen atoms in total. The summed E-state index contributed by atoms with van der Waals surface area (Å²) >= 11 is 5.77. The zero-order valence-electron chi connectivity index (χ0n) is 10.1. The predicted octanol–water partition coefficient (Wildman–Crippen LogP) is 1.65. The minimum atomic E-state index is -0.565. The largest absolute Gasteiger partial charge is 0.329 e. The zero-order chi connectivity index (χ0) is 13.8. The van der Waals surface area contributed by atoms with E-state index in [-0.39, 0.29) is 5.91 Å². The second kappa shape index (κ2) is 5.71. The van der Waals surface area contributed by atoms with E-state index in [1.54, 1.807) is 6.07 Å². The number of halogens is 1. The molecule has 0 aromatic carbocycles. The number of anilines is 1. The number of aromatic nitrogens is 1. The van der Waals surface area contributed by atoms with Gasteiger partial charge in [-0.2, -0.15) is 0 Å². The van der Waals surface area contributed by atoms with Crippen LogP contribution in [0.4, 0.5) is 10.6 Å². The van der Waals surface area contributed by atoms with Crippen molar-refractivity contribution in [3.8, 4) is 0 Å². The predicted molar refractivity (Wildman–Crippen MR) is 71.7 cm³/mol. The quantitative estimate of drug-likeness (QED) is 0.770. The standard InChI is InChI=1S/C12H13ClN4O2/c1-7-2-3-9(11(18)15-7)16-12(19)17-10-6-8(13)4-5-14-10/h4-6,9H,1-3H2,(H,15,18)(H2,14,16,17,19). The van der Waals surface area contributed by atoms with Gasteiger partial charge in [0.1, 0.15) is 11.9 Å². The van der Waals surface area contributed by atoms with Crippen LogP contribution in [0.1, 0.15) is 12.8 Å². The monoisotopic (exact) mass is 280 g/mol. The maximum atomic E-state index is 11.7. The molecule has 1 fully saturated rings. The molecule has 0 aliphatic carbocycles. The molecule has 19 heavy (non-hydrogen) atoms. The Labute approximate surface area is 115 Å². The highest BCUT2D eigenvalue weighted by atomic mass is 35.5. The average Bonchev–Trinajstić information content (AvgIpc) is 2.33. The molecule has 1 unspecified atom stereocenters. The highest BCUT2D eigenvalue weighted by molar-refractivity contribution is 6.30. The molecule has 0 spiro atoms. The summed E-state index contributed by atoms with van der Waals surface area (Å²) < 4.78 is 0. The number of carbonyl (C=O) groups is 2. The van der Waals surface area contributed by atoms with E-state index in [0.717, 1.165) is 0 Å². The number of piperidine rings is 1. The molecular formula is C12H13ClN4O2. The van der Waals surface area contributed by atoms with Gasteiger partial charge in [-0.1, -0.05) is 18.2 Å². The first kappa shape index (κ1) is 13.4. The summed E-state index contributed by atoms with van der Waals surface area (Å²) in [4.78, 5) is 27.2. The highest BCUT2D eigenvalue weighted by Gasteiger charge is 2.25. The van der Waals surface area contributed by atoms with Crippen LogP contribution in [0, 0.1) is 0 Å². The molecule has 1 saturated heterocycles. The van der Waals surface area contributed by atoms with E-state index in [4.69, 9.17) is 11.6 Å². The van der Waals surface area contributed by atoms with Crippen molar-refractivity contribution >= 4 is 29.4 Å². The SMILES string of the molecule is C=C1CCC(NC(=O)Nc2cc(Cl)ccn2)C(=O)N1. The average molecular weight is 281 g/mol. The number of rotatable bonds is 2. The van der Waals surface area contributed by atoms with Crippen molar-refractivity contribution in [3.63, 3.8) is 0 Å². The number of allylic oxidation sites excluding steroid dienone is 1. The molecular weight excluding hydrogens is 268 g/mol. The smallest absolute Gasteiger partial charge is 0.321 e. The molecule has 100 valence electrons. The van der Waals surface area contributed by atoms with Crippen molar-refractivity contribution in [2.75, 3.05) is 5.32 Å². The first-order valence-corrected chi connectivity index (χ1v) is 6.10. The normalized spacial score (nSPS) is 18.7. The molecule has 2 heterocycles. The third-order valence-electron chi connectivity index (χ3n) is 2.62. The van der Waals surface area contributed by atoms with E-state index in [9.17, 15) is 9.59 Å². The Bertz CT molecular complexity index is 532. The van der Waals surface area contributed by atoms with Crippen molar-refractivity contribution in [1.29, 1.82) is 0 Å². The van der Waals surface area contributed by atoms with Crippen LogP contribution in [-0.2, 0) is 4.79 Å². The van der Waals surface area contributed by atoms with Gasteiger partial charge in [-0.05, 0) is 25.0 Å². The number of hydrogen-bond acceptors (Lipinski definition) is 3. The lowest BCUT2D eigenvalue weighted by atomic mass is 10.1. The molecule has 3 amide bonds. The summed E-state index contributed by atoms with van der Waals surface area (Å²) in [5.41, 5.74) is 0.667. The van der Waals surface area contributed by atoms with Gasteiger partial charge in [-0.15, -0.1) is 0 Å². The van der Waals surface area contributed by atoms with Gasteiger partial charge in [0.25, 0.3) is 0 Å². The maximum Gasteiger partial charge on any atom is 0.321 e. The van der Waals surface area contributed by atoms with Gasteiger partial charge >= 0.3 is 6.03 Å². The van der Waals surface area contributed by atoms with Crippen LogP contribution < -0.4 is 16.0 Å². The van der Waals surface area contributed by atoms with Gasteiger partial charge in [-0.3, -0.25) is 10.1 Å². The molecule has 1 aromatic rings. The zero-order valence-corrected chi connectivity index (χ0v) is 10.8. The molecule has 0 bridgehead atoms. The Morgan fingerprint density at radius 3 is 3.05 bits per heavy atom. The molecule has 0 saturated carbocycles. The van der Waals surface area contributed by atoms with Crippen LogP contribution in [-0.4, -0.2) is 23.0 Å². The molecule has 1 aliphatic heterocycles. The number of nitrogens with zero attached hydrogens (tertiary/aromatic N) is 1. The Morgan fingerprint density at radius 2 is 2.37 bits per heavy atom. The fourth-order valence-electron chi connectivity index (χ4n) is 1.69. The third kappa shape index (κ3) is 3.69. The number of urea groups is 1. The topological polar surface area (TPSA) is 83.1 Å². The van der Waals surface area contributed by atoms with E-state index in [1.807, 2.05) is 0 Å². The number of carbonyl (C=O) groups excluding carboxylic acids is 2. The van der Waals surface area contributed by atoms with Crippen LogP contribution in [0.2, 0.25) is 5.02 Å². The van der Waals surface area contributed by atoms with Gasteiger partial charge in [0, 0.05) is 16.9 Å². The van der Waals surface area contributed by atoms with Crippen LogP contribution in [0.25, 0.3) is 0 Å². The first-order valence-electron chi connectivity index (χ1n) is 5.72. The summed E-state index contributed by atoms with van der Waals surface area (Å²) in [5, 5.41) is 8.15. The molecule has 2 rings (SSSR count). The minimum Gasteiger partial charge on any atom is -0.329 e. The van der Waals surface area contributed by atoms with E-state index >= 15 is 0 Å². The van der Waals surface area contributed by atoms with Crippen LogP contribution in [0.5, 0.6) is 0 Å². The molecule has 1 aromatic heterocycles. The van der Waals surface area contributed by atoms with E-state index < -0.39 is 12.1 Å². The first-order chi connectivity index (χ1) is 9.04. The number of hydrogen-bond donors (Lipinski definition) is 3. The second-order valence-electron chi connectivity index (χ2n) is 4.14. The fourth-order valence-corrected chi connectivity index (χ4v) is 1.85.